The first-order valence-corrected chi connectivity index (χ1v) is 6.20. The van der Waals surface area contributed by atoms with Crippen molar-refractivity contribution in [2.75, 3.05) is 6.61 Å². The lowest BCUT2D eigenvalue weighted by molar-refractivity contribution is 0.0458. The van der Waals surface area contributed by atoms with Crippen molar-refractivity contribution in [3.8, 4) is 0 Å². The Morgan fingerprint density at radius 1 is 1.46 bits per heavy atom. The summed E-state index contributed by atoms with van der Waals surface area (Å²) in [4.78, 5) is 1.39. The summed E-state index contributed by atoms with van der Waals surface area (Å²) in [5.41, 5.74) is 0.226. The SMILES string of the molecule is OCC1(Cc2ccc(Br)s2)CCC1. The van der Waals surface area contributed by atoms with E-state index < -0.39 is 0 Å². The molecular weight excluding hydrogens is 248 g/mol. The number of hydrogen-bond donors (Lipinski definition) is 1. The summed E-state index contributed by atoms with van der Waals surface area (Å²) in [5.74, 6) is 0. The van der Waals surface area contributed by atoms with Gasteiger partial charge in [-0.05, 0) is 52.7 Å². The van der Waals surface area contributed by atoms with E-state index in [1.165, 1.54) is 27.9 Å². The van der Waals surface area contributed by atoms with E-state index in [0.717, 1.165) is 6.42 Å². The average Bonchev–Trinajstić information content (AvgIpc) is 2.44. The lowest BCUT2D eigenvalue weighted by Crippen LogP contribution is -2.35. The van der Waals surface area contributed by atoms with Crippen LogP contribution in [-0.4, -0.2) is 11.7 Å². The molecule has 1 N–H and O–H groups in total. The molecule has 0 spiro atoms. The maximum atomic E-state index is 9.30. The molecule has 72 valence electrons. The Bertz CT molecular complexity index is 285. The minimum atomic E-state index is 0.226. The zero-order valence-electron chi connectivity index (χ0n) is 7.42. The Hall–Kier alpha value is 0.140. The second kappa shape index (κ2) is 3.71. The van der Waals surface area contributed by atoms with Gasteiger partial charge in [-0.2, -0.15) is 0 Å². The molecule has 1 aliphatic carbocycles. The minimum absolute atomic E-state index is 0.226. The first-order valence-electron chi connectivity index (χ1n) is 4.59. The summed E-state index contributed by atoms with van der Waals surface area (Å²) in [6, 6.07) is 4.24. The molecular formula is C10H13BrOS. The number of halogens is 1. The highest BCUT2D eigenvalue weighted by Crippen LogP contribution is 2.44. The van der Waals surface area contributed by atoms with Gasteiger partial charge in [0.05, 0.1) is 3.79 Å². The van der Waals surface area contributed by atoms with Gasteiger partial charge in [0.25, 0.3) is 0 Å². The smallest absolute Gasteiger partial charge is 0.0701 e. The molecule has 0 unspecified atom stereocenters. The van der Waals surface area contributed by atoms with E-state index in [-0.39, 0.29) is 5.41 Å². The van der Waals surface area contributed by atoms with Crippen molar-refractivity contribution in [2.45, 2.75) is 25.7 Å². The van der Waals surface area contributed by atoms with Crippen LogP contribution in [0.2, 0.25) is 0 Å². The van der Waals surface area contributed by atoms with Crippen molar-refractivity contribution in [1.29, 1.82) is 0 Å². The molecule has 1 aliphatic rings. The van der Waals surface area contributed by atoms with Gasteiger partial charge in [-0.1, -0.05) is 6.42 Å². The molecule has 1 fully saturated rings. The van der Waals surface area contributed by atoms with Crippen LogP contribution in [0.1, 0.15) is 24.1 Å². The molecule has 0 bridgehead atoms. The van der Waals surface area contributed by atoms with E-state index in [9.17, 15) is 5.11 Å². The summed E-state index contributed by atoms with van der Waals surface area (Å²) in [7, 11) is 0. The number of aliphatic hydroxyl groups excluding tert-OH is 1. The van der Waals surface area contributed by atoms with E-state index in [0.29, 0.717) is 6.61 Å². The standard InChI is InChI=1S/C10H13BrOS/c11-9-3-2-8(13-9)6-10(7-12)4-1-5-10/h2-3,12H,1,4-7H2. The molecule has 0 saturated heterocycles. The summed E-state index contributed by atoms with van der Waals surface area (Å²) >= 11 is 5.24. The lowest BCUT2D eigenvalue weighted by Gasteiger charge is -2.40. The molecule has 1 aromatic heterocycles. The molecule has 0 amide bonds. The van der Waals surface area contributed by atoms with Gasteiger partial charge in [-0.25, -0.2) is 0 Å². The molecule has 0 radical (unpaired) electrons. The number of rotatable bonds is 3. The highest BCUT2D eigenvalue weighted by Gasteiger charge is 2.36. The van der Waals surface area contributed by atoms with Gasteiger partial charge in [-0.15, -0.1) is 11.3 Å². The summed E-state index contributed by atoms with van der Waals surface area (Å²) < 4.78 is 1.19. The fourth-order valence-corrected chi connectivity index (χ4v) is 3.54. The van der Waals surface area contributed by atoms with Gasteiger partial charge in [0.2, 0.25) is 0 Å². The Morgan fingerprint density at radius 2 is 2.23 bits per heavy atom. The molecule has 0 aliphatic heterocycles. The van der Waals surface area contributed by atoms with Gasteiger partial charge in [0, 0.05) is 11.5 Å². The van der Waals surface area contributed by atoms with Crippen molar-refractivity contribution in [3.63, 3.8) is 0 Å². The van der Waals surface area contributed by atoms with Gasteiger partial charge in [0.1, 0.15) is 0 Å². The zero-order chi connectivity index (χ0) is 9.31. The third-order valence-electron chi connectivity index (χ3n) is 2.93. The van der Waals surface area contributed by atoms with Crippen molar-refractivity contribution < 1.29 is 5.11 Å². The van der Waals surface area contributed by atoms with Crippen molar-refractivity contribution in [1.82, 2.24) is 0 Å². The quantitative estimate of drug-likeness (QED) is 0.885. The second-order valence-corrected chi connectivity index (χ2v) is 6.44. The third-order valence-corrected chi connectivity index (χ3v) is 4.55. The number of hydrogen-bond acceptors (Lipinski definition) is 2. The number of thiophene rings is 1. The van der Waals surface area contributed by atoms with Gasteiger partial charge < -0.3 is 5.11 Å². The molecule has 1 aromatic rings. The van der Waals surface area contributed by atoms with Crippen LogP contribution in [0, 0.1) is 5.41 Å². The monoisotopic (exact) mass is 260 g/mol. The Kier molecular flexibility index (Phi) is 2.77. The summed E-state index contributed by atoms with van der Waals surface area (Å²) in [6.07, 6.45) is 4.73. The van der Waals surface area contributed by atoms with Crippen LogP contribution in [-0.2, 0) is 6.42 Å². The highest BCUT2D eigenvalue weighted by atomic mass is 79.9. The van der Waals surface area contributed by atoms with Crippen LogP contribution >= 0.6 is 27.3 Å². The molecule has 1 heterocycles. The van der Waals surface area contributed by atoms with Gasteiger partial charge >= 0.3 is 0 Å². The van der Waals surface area contributed by atoms with Crippen LogP contribution in [0.15, 0.2) is 15.9 Å². The minimum Gasteiger partial charge on any atom is -0.396 e. The maximum Gasteiger partial charge on any atom is 0.0701 e. The highest BCUT2D eigenvalue weighted by molar-refractivity contribution is 9.11. The van der Waals surface area contributed by atoms with E-state index in [1.807, 2.05) is 0 Å². The first-order chi connectivity index (χ1) is 6.24. The van der Waals surface area contributed by atoms with Crippen molar-refractivity contribution in [3.05, 3.63) is 20.8 Å². The molecule has 2 rings (SSSR count). The molecule has 1 saturated carbocycles. The van der Waals surface area contributed by atoms with E-state index in [2.05, 4.69) is 28.1 Å². The van der Waals surface area contributed by atoms with Crippen molar-refractivity contribution in [2.24, 2.45) is 5.41 Å². The molecule has 0 aromatic carbocycles. The molecule has 3 heteroatoms. The predicted octanol–water partition coefficient (Wildman–Crippen LogP) is 3.22. The summed E-state index contributed by atoms with van der Waals surface area (Å²) in [6.45, 7) is 0.350. The van der Waals surface area contributed by atoms with E-state index in [4.69, 9.17) is 0 Å². The fraction of sp³-hybridized carbons (Fsp3) is 0.600. The molecule has 13 heavy (non-hydrogen) atoms. The Morgan fingerprint density at radius 3 is 2.62 bits per heavy atom. The fourth-order valence-electron chi connectivity index (χ4n) is 1.88. The van der Waals surface area contributed by atoms with E-state index >= 15 is 0 Å². The predicted molar refractivity (Wildman–Crippen MR) is 59.1 cm³/mol. The third kappa shape index (κ3) is 1.97. The summed E-state index contributed by atoms with van der Waals surface area (Å²) in [5, 5.41) is 9.30. The van der Waals surface area contributed by atoms with Crippen molar-refractivity contribution >= 4 is 27.3 Å². The van der Waals surface area contributed by atoms with Crippen LogP contribution in [0.4, 0.5) is 0 Å². The average molecular weight is 261 g/mol. The van der Waals surface area contributed by atoms with Gasteiger partial charge in [-0.3, -0.25) is 0 Å². The van der Waals surface area contributed by atoms with E-state index in [1.54, 1.807) is 11.3 Å². The Labute approximate surface area is 90.9 Å². The first kappa shape index (κ1) is 9.69. The molecule has 0 atom stereocenters. The van der Waals surface area contributed by atoms with Crippen LogP contribution in [0.25, 0.3) is 0 Å². The largest absolute Gasteiger partial charge is 0.396 e. The molecule has 1 nitrogen and oxygen atoms in total. The van der Waals surface area contributed by atoms with Crippen LogP contribution in [0.3, 0.4) is 0 Å². The second-order valence-electron chi connectivity index (χ2n) is 3.89. The number of aliphatic hydroxyl groups is 1. The zero-order valence-corrected chi connectivity index (χ0v) is 9.83. The van der Waals surface area contributed by atoms with Crippen LogP contribution < -0.4 is 0 Å². The maximum absolute atomic E-state index is 9.30. The van der Waals surface area contributed by atoms with Gasteiger partial charge in [0.15, 0.2) is 0 Å². The van der Waals surface area contributed by atoms with Crippen LogP contribution in [0.5, 0.6) is 0 Å². The Balaban J connectivity index is 2.04. The lowest BCUT2D eigenvalue weighted by atomic mass is 9.67. The normalized spacial score (nSPS) is 19.8. The topological polar surface area (TPSA) is 20.2 Å².